The van der Waals surface area contributed by atoms with E-state index in [0.717, 1.165) is 95.8 Å². The first-order valence-corrected chi connectivity index (χ1v) is 40.2. The monoisotopic (exact) mass is 1320 g/mol. The third-order valence-electron chi connectivity index (χ3n) is 16.9. The van der Waals surface area contributed by atoms with E-state index in [2.05, 4.69) is 34.6 Å². The molecule has 0 aliphatic rings. The quantitative estimate of drug-likeness (QED) is 0.0222. The Kier molecular flexibility index (Phi) is 63.0. The number of rotatable bonds is 71. The number of esters is 4. The summed E-state index contributed by atoms with van der Waals surface area (Å²) < 4.78 is 68.3. The lowest BCUT2D eigenvalue weighted by Gasteiger charge is -2.21. The summed E-state index contributed by atoms with van der Waals surface area (Å²) in [6.07, 6.45) is 51.2. The van der Waals surface area contributed by atoms with E-state index < -0.39 is 97.5 Å². The SMILES string of the molecule is CCCCCCCCCCCCCCCCCCC(=O)O[C@H](COC(=O)CCCCCCCCCCCCCCC)COP(=O)(O)OC[C@@H](O)COP(=O)(O)OC[C@@H](COC(=O)CCCCCCCCCCC)OC(=O)CCCCCCCCCCC(C)CC. The van der Waals surface area contributed by atoms with Gasteiger partial charge in [-0.05, 0) is 31.6 Å². The number of unbranched alkanes of at least 4 members (excludes halogenated alkanes) is 42. The van der Waals surface area contributed by atoms with Crippen molar-refractivity contribution in [2.24, 2.45) is 5.92 Å². The Morgan fingerprint density at radius 1 is 0.311 bits per heavy atom. The largest absolute Gasteiger partial charge is 0.472 e. The van der Waals surface area contributed by atoms with E-state index in [1.54, 1.807) is 0 Å². The number of ether oxygens (including phenoxy) is 4. The molecule has 90 heavy (non-hydrogen) atoms. The van der Waals surface area contributed by atoms with Crippen LogP contribution < -0.4 is 0 Å². The van der Waals surface area contributed by atoms with Gasteiger partial charge in [-0.2, -0.15) is 0 Å². The highest BCUT2D eigenvalue weighted by Crippen LogP contribution is 2.45. The molecule has 0 bridgehead atoms. The molecule has 0 radical (unpaired) electrons. The molecule has 0 aliphatic heterocycles. The molecule has 0 rings (SSSR count). The summed E-state index contributed by atoms with van der Waals surface area (Å²) in [5, 5.41) is 10.6. The van der Waals surface area contributed by atoms with Gasteiger partial charge in [-0.1, -0.05) is 317 Å². The zero-order valence-electron chi connectivity index (χ0n) is 58.3. The molecule has 0 saturated heterocycles. The van der Waals surface area contributed by atoms with E-state index in [1.807, 2.05) is 0 Å². The van der Waals surface area contributed by atoms with Crippen molar-refractivity contribution in [3.05, 3.63) is 0 Å². The van der Waals surface area contributed by atoms with Gasteiger partial charge in [0.25, 0.3) is 0 Å². The van der Waals surface area contributed by atoms with E-state index in [1.165, 1.54) is 193 Å². The van der Waals surface area contributed by atoms with Crippen molar-refractivity contribution < 1.29 is 80.2 Å². The van der Waals surface area contributed by atoms with E-state index in [4.69, 9.17) is 37.0 Å². The average molecular weight is 1330 g/mol. The normalized spacial score (nSPS) is 14.4. The second-order valence-electron chi connectivity index (χ2n) is 25.9. The molecule has 0 aromatic carbocycles. The first-order valence-electron chi connectivity index (χ1n) is 37.2. The fourth-order valence-corrected chi connectivity index (χ4v) is 12.4. The minimum atomic E-state index is -4.95. The highest BCUT2D eigenvalue weighted by molar-refractivity contribution is 7.47. The molecule has 0 aromatic rings. The van der Waals surface area contributed by atoms with Gasteiger partial charge in [0, 0.05) is 25.7 Å². The summed E-state index contributed by atoms with van der Waals surface area (Å²) in [5.41, 5.74) is 0. The molecule has 0 amide bonds. The van der Waals surface area contributed by atoms with E-state index >= 15 is 0 Å². The molecule has 0 spiro atoms. The minimum absolute atomic E-state index is 0.105. The zero-order valence-corrected chi connectivity index (χ0v) is 60.1. The Hall–Kier alpha value is -1.94. The Balaban J connectivity index is 5.24. The van der Waals surface area contributed by atoms with Crippen LogP contribution in [0.4, 0.5) is 0 Å². The van der Waals surface area contributed by atoms with Gasteiger partial charge in [0.15, 0.2) is 12.2 Å². The number of carbonyl (C=O) groups excluding carboxylic acids is 4. The Bertz CT molecular complexity index is 1740. The molecular weight excluding hydrogens is 1190 g/mol. The van der Waals surface area contributed by atoms with Crippen molar-refractivity contribution in [2.75, 3.05) is 39.6 Å². The summed E-state index contributed by atoms with van der Waals surface area (Å²) in [5.74, 6) is -1.35. The summed E-state index contributed by atoms with van der Waals surface area (Å²) in [6.45, 7) is 7.24. The number of aliphatic hydroxyl groups excluding tert-OH is 1. The molecule has 17 nitrogen and oxygen atoms in total. The predicted molar refractivity (Wildman–Crippen MR) is 363 cm³/mol. The first-order chi connectivity index (χ1) is 43.6. The van der Waals surface area contributed by atoms with Gasteiger partial charge in [-0.15, -0.1) is 0 Å². The lowest BCUT2D eigenvalue weighted by molar-refractivity contribution is -0.161. The van der Waals surface area contributed by atoms with Crippen LogP contribution in [0.2, 0.25) is 0 Å². The standard InChI is InChI=1S/C71H138O17P2/c1-6-10-13-16-19-22-24-26-27-28-30-32-35-41-46-51-56-70(75)87-66(61-82-69(74)55-50-45-40-34-31-29-25-23-20-17-14-11-7-2)62-85-89(77,78)83-58-65(72)59-84-90(79,80)86-63-67(60-81-68(73)54-49-44-39-33-21-18-15-12-8-3)88-71(76)57-52-47-42-37-36-38-43-48-53-64(5)9-4/h64-67,72H,6-63H2,1-5H3,(H,77,78)(H,79,80)/t64?,65-,66-,67-/m1/s1. The van der Waals surface area contributed by atoms with Crippen molar-refractivity contribution >= 4 is 39.5 Å². The topological polar surface area (TPSA) is 237 Å². The molecule has 3 unspecified atom stereocenters. The molecule has 0 fully saturated rings. The second kappa shape index (κ2) is 64.4. The number of aliphatic hydroxyl groups is 1. The van der Waals surface area contributed by atoms with Gasteiger partial charge >= 0.3 is 39.5 Å². The van der Waals surface area contributed by atoms with Crippen molar-refractivity contribution in [3.63, 3.8) is 0 Å². The van der Waals surface area contributed by atoms with Crippen LogP contribution in [0.15, 0.2) is 0 Å². The van der Waals surface area contributed by atoms with Crippen molar-refractivity contribution in [1.29, 1.82) is 0 Å². The molecule has 0 aromatic heterocycles. The summed E-state index contributed by atoms with van der Waals surface area (Å²) in [6, 6.07) is 0. The third-order valence-corrected chi connectivity index (χ3v) is 18.8. The molecule has 0 aliphatic carbocycles. The smallest absolute Gasteiger partial charge is 0.462 e. The zero-order chi connectivity index (χ0) is 66.3. The molecule has 534 valence electrons. The van der Waals surface area contributed by atoms with Crippen LogP contribution in [0.5, 0.6) is 0 Å². The minimum Gasteiger partial charge on any atom is -0.462 e. The summed E-state index contributed by atoms with van der Waals surface area (Å²) in [7, 11) is -9.90. The maximum atomic E-state index is 13.0. The Morgan fingerprint density at radius 2 is 0.533 bits per heavy atom. The number of hydrogen-bond donors (Lipinski definition) is 3. The van der Waals surface area contributed by atoms with Gasteiger partial charge in [-0.25, -0.2) is 9.13 Å². The van der Waals surface area contributed by atoms with Crippen molar-refractivity contribution in [3.8, 4) is 0 Å². The van der Waals surface area contributed by atoms with Gasteiger partial charge in [0.2, 0.25) is 0 Å². The maximum Gasteiger partial charge on any atom is 0.472 e. The van der Waals surface area contributed by atoms with Gasteiger partial charge in [-0.3, -0.25) is 37.3 Å². The fourth-order valence-electron chi connectivity index (χ4n) is 10.8. The second-order valence-corrected chi connectivity index (χ2v) is 28.8. The molecule has 0 heterocycles. The maximum absolute atomic E-state index is 13.0. The molecular formula is C71H138O17P2. The molecule has 19 heteroatoms. The highest BCUT2D eigenvalue weighted by Gasteiger charge is 2.30. The van der Waals surface area contributed by atoms with Crippen LogP contribution in [0.1, 0.15) is 369 Å². The average Bonchev–Trinajstić information content (AvgIpc) is 3.47. The number of carbonyl (C=O) groups is 4. The fraction of sp³-hybridized carbons (Fsp3) is 0.944. The lowest BCUT2D eigenvalue weighted by Crippen LogP contribution is -2.30. The number of hydrogen-bond acceptors (Lipinski definition) is 15. The first kappa shape index (κ1) is 88.1. The Morgan fingerprint density at radius 3 is 0.789 bits per heavy atom. The van der Waals surface area contributed by atoms with Gasteiger partial charge < -0.3 is 33.8 Å². The van der Waals surface area contributed by atoms with Gasteiger partial charge in [0.05, 0.1) is 26.4 Å². The van der Waals surface area contributed by atoms with E-state index in [0.29, 0.717) is 25.7 Å². The Labute approximate surface area is 549 Å². The summed E-state index contributed by atoms with van der Waals surface area (Å²) in [4.78, 5) is 72.6. The summed E-state index contributed by atoms with van der Waals surface area (Å²) >= 11 is 0. The highest BCUT2D eigenvalue weighted by atomic mass is 31.2. The molecule has 6 atom stereocenters. The van der Waals surface area contributed by atoms with Crippen LogP contribution in [-0.2, 0) is 65.4 Å². The van der Waals surface area contributed by atoms with E-state index in [-0.39, 0.29) is 25.7 Å². The number of phosphoric acid groups is 2. The van der Waals surface area contributed by atoms with Crippen molar-refractivity contribution in [2.45, 2.75) is 387 Å². The van der Waals surface area contributed by atoms with Crippen LogP contribution in [0.25, 0.3) is 0 Å². The van der Waals surface area contributed by atoms with Crippen LogP contribution in [0, 0.1) is 5.92 Å². The van der Waals surface area contributed by atoms with Crippen molar-refractivity contribution in [1.82, 2.24) is 0 Å². The molecule has 3 N–H and O–H groups in total. The van der Waals surface area contributed by atoms with Gasteiger partial charge in [0.1, 0.15) is 19.3 Å². The van der Waals surface area contributed by atoms with E-state index in [9.17, 15) is 43.2 Å². The number of phosphoric ester groups is 2. The predicted octanol–water partition coefficient (Wildman–Crippen LogP) is 20.5. The third kappa shape index (κ3) is 63.5. The van der Waals surface area contributed by atoms with Crippen LogP contribution in [-0.4, -0.2) is 96.7 Å². The molecule has 0 saturated carbocycles. The van der Waals surface area contributed by atoms with Crippen LogP contribution in [0.3, 0.4) is 0 Å². The van der Waals surface area contributed by atoms with Crippen LogP contribution >= 0.6 is 15.6 Å². The lowest BCUT2D eigenvalue weighted by atomic mass is 9.99.